The summed E-state index contributed by atoms with van der Waals surface area (Å²) in [5.41, 5.74) is 0.635. The molecule has 2 aliphatic rings. The van der Waals surface area contributed by atoms with E-state index in [9.17, 15) is 4.79 Å². The number of carbonyl (C=O) groups is 1. The zero-order chi connectivity index (χ0) is 16.4. The average molecular weight is 327 g/mol. The number of amides is 1. The fourth-order valence-corrected chi connectivity index (χ4v) is 3.35. The van der Waals surface area contributed by atoms with Crippen LogP contribution in [0.1, 0.15) is 22.6 Å². The van der Waals surface area contributed by atoms with Crippen molar-refractivity contribution in [3.63, 3.8) is 0 Å². The van der Waals surface area contributed by atoms with Gasteiger partial charge in [0, 0.05) is 50.7 Å². The Morgan fingerprint density at radius 2 is 2.12 bits per heavy atom. The third-order valence-electron chi connectivity index (χ3n) is 4.61. The van der Waals surface area contributed by atoms with Crippen molar-refractivity contribution >= 4 is 11.7 Å². The Hall–Kier alpha value is -2.41. The molecule has 1 N–H and O–H groups in total. The van der Waals surface area contributed by atoms with Crippen LogP contribution >= 0.6 is 0 Å². The van der Waals surface area contributed by atoms with Gasteiger partial charge in [-0.2, -0.15) is 0 Å². The lowest BCUT2D eigenvalue weighted by Gasteiger charge is -2.30. The number of anilines is 1. The van der Waals surface area contributed by atoms with Gasteiger partial charge in [-0.25, -0.2) is 9.97 Å². The van der Waals surface area contributed by atoms with Gasteiger partial charge in [-0.1, -0.05) is 0 Å². The second-order valence-corrected chi connectivity index (χ2v) is 6.18. The summed E-state index contributed by atoms with van der Waals surface area (Å²) in [5, 5.41) is 3.16. The minimum Gasteiger partial charge on any atom is -0.378 e. The number of hydrogen-bond acceptors (Lipinski definition) is 5. The van der Waals surface area contributed by atoms with Gasteiger partial charge in [-0.05, 0) is 18.6 Å². The maximum absolute atomic E-state index is 12.8. The van der Waals surface area contributed by atoms with Crippen LogP contribution in [0.15, 0.2) is 30.7 Å². The molecule has 7 nitrogen and oxygen atoms in total. The number of aryl methyl sites for hydroxylation is 1. The van der Waals surface area contributed by atoms with E-state index in [2.05, 4.69) is 24.8 Å². The second-order valence-electron chi connectivity index (χ2n) is 6.18. The second kappa shape index (κ2) is 6.60. The number of rotatable bonds is 3. The number of pyridine rings is 1. The van der Waals surface area contributed by atoms with E-state index in [0.717, 1.165) is 44.1 Å². The third kappa shape index (κ3) is 2.99. The third-order valence-corrected chi connectivity index (χ3v) is 4.61. The fourth-order valence-electron chi connectivity index (χ4n) is 3.35. The van der Waals surface area contributed by atoms with Crippen molar-refractivity contribution in [2.45, 2.75) is 25.4 Å². The summed E-state index contributed by atoms with van der Waals surface area (Å²) >= 11 is 0. The Kier molecular flexibility index (Phi) is 4.17. The summed E-state index contributed by atoms with van der Waals surface area (Å²) in [6.07, 6.45) is 7.32. The number of ether oxygens (including phenoxy) is 1. The normalized spacial score (nSPS) is 20.5. The average Bonchev–Trinajstić information content (AvgIpc) is 3.10. The summed E-state index contributed by atoms with van der Waals surface area (Å²) in [6, 6.07) is 3.78. The van der Waals surface area contributed by atoms with Crippen molar-refractivity contribution in [2.24, 2.45) is 0 Å². The van der Waals surface area contributed by atoms with E-state index < -0.39 is 0 Å². The number of nitrogens with zero attached hydrogens (tertiary/aromatic N) is 4. The van der Waals surface area contributed by atoms with E-state index in [1.807, 2.05) is 24.5 Å². The molecule has 0 aromatic carbocycles. The predicted molar refractivity (Wildman–Crippen MR) is 89.1 cm³/mol. The Morgan fingerprint density at radius 3 is 3.00 bits per heavy atom. The van der Waals surface area contributed by atoms with Crippen LogP contribution in [-0.2, 0) is 17.7 Å². The minimum absolute atomic E-state index is 0.0573. The lowest BCUT2D eigenvalue weighted by Crippen LogP contribution is -2.42. The molecule has 1 saturated heterocycles. The SMILES string of the molecule is O=C(N[C@@H]1CCc2nccn2C1)c1cccnc1N1CCOCC1. The Morgan fingerprint density at radius 1 is 1.25 bits per heavy atom. The largest absolute Gasteiger partial charge is 0.378 e. The molecule has 0 spiro atoms. The van der Waals surface area contributed by atoms with Crippen LogP contribution in [0.25, 0.3) is 0 Å². The molecule has 2 aromatic rings. The van der Waals surface area contributed by atoms with E-state index >= 15 is 0 Å². The summed E-state index contributed by atoms with van der Waals surface area (Å²) in [4.78, 5) is 23.7. The predicted octanol–water partition coefficient (Wildman–Crippen LogP) is 0.859. The Labute approximate surface area is 140 Å². The van der Waals surface area contributed by atoms with Crippen molar-refractivity contribution in [3.05, 3.63) is 42.1 Å². The van der Waals surface area contributed by atoms with E-state index in [1.54, 1.807) is 6.20 Å². The van der Waals surface area contributed by atoms with Crippen molar-refractivity contribution in [2.75, 3.05) is 31.2 Å². The van der Waals surface area contributed by atoms with Gasteiger partial charge in [0.25, 0.3) is 5.91 Å². The molecule has 1 atom stereocenters. The topological polar surface area (TPSA) is 72.3 Å². The summed E-state index contributed by atoms with van der Waals surface area (Å²) < 4.78 is 7.50. The van der Waals surface area contributed by atoms with E-state index in [4.69, 9.17) is 4.74 Å². The maximum Gasteiger partial charge on any atom is 0.255 e. The number of aromatic nitrogens is 3. The van der Waals surface area contributed by atoms with E-state index in [0.29, 0.717) is 18.8 Å². The van der Waals surface area contributed by atoms with Gasteiger partial charge in [-0.15, -0.1) is 0 Å². The number of carbonyl (C=O) groups excluding carboxylic acids is 1. The van der Waals surface area contributed by atoms with E-state index in [-0.39, 0.29) is 11.9 Å². The highest BCUT2D eigenvalue weighted by atomic mass is 16.5. The zero-order valence-corrected chi connectivity index (χ0v) is 13.5. The molecule has 0 unspecified atom stereocenters. The molecule has 1 amide bonds. The standard InChI is InChI=1S/C17H21N5O2/c23-17(20-13-3-4-15-18-6-7-22(15)12-13)14-2-1-5-19-16(14)21-8-10-24-11-9-21/h1-2,5-7,13H,3-4,8-12H2,(H,20,23)/t13-/m1/s1. The minimum atomic E-state index is -0.0573. The zero-order valence-electron chi connectivity index (χ0n) is 13.5. The fraction of sp³-hybridized carbons (Fsp3) is 0.471. The van der Waals surface area contributed by atoms with Crippen molar-refractivity contribution in [1.82, 2.24) is 19.9 Å². The number of nitrogens with one attached hydrogen (secondary N) is 1. The maximum atomic E-state index is 12.8. The molecular formula is C17H21N5O2. The number of hydrogen-bond donors (Lipinski definition) is 1. The lowest BCUT2D eigenvalue weighted by atomic mass is 10.1. The van der Waals surface area contributed by atoms with Crippen LogP contribution in [0.5, 0.6) is 0 Å². The van der Waals surface area contributed by atoms with Crippen molar-refractivity contribution < 1.29 is 9.53 Å². The highest BCUT2D eigenvalue weighted by molar-refractivity contribution is 5.99. The molecule has 126 valence electrons. The first-order valence-corrected chi connectivity index (χ1v) is 8.40. The Balaban J connectivity index is 1.49. The lowest BCUT2D eigenvalue weighted by molar-refractivity contribution is 0.0925. The quantitative estimate of drug-likeness (QED) is 0.905. The molecule has 0 saturated carbocycles. The molecule has 4 rings (SSSR count). The van der Waals surface area contributed by atoms with Crippen LogP contribution < -0.4 is 10.2 Å². The van der Waals surface area contributed by atoms with Gasteiger partial charge >= 0.3 is 0 Å². The molecule has 0 bridgehead atoms. The van der Waals surface area contributed by atoms with Gasteiger partial charge in [-0.3, -0.25) is 4.79 Å². The molecule has 0 radical (unpaired) electrons. The first kappa shape index (κ1) is 15.1. The van der Waals surface area contributed by atoms with E-state index in [1.165, 1.54) is 0 Å². The van der Waals surface area contributed by atoms with Crippen LogP contribution in [0.4, 0.5) is 5.82 Å². The summed E-state index contributed by atoms with van der Waals surface area (Å²) in [5.74, 6) is 1.78. The molecule has 4 heterocycles. The van der Waals surface area contributed by atoms with Gasteiger partial charge < -0.3 is 19.5 Å². The smallest absolute Gasteiger partial charge is 0.255 e. The van der Waals surface area contributed by atoms with Gasteiger partial charge in [0.15, 0.2) is 0 Å². The number of imidazole rings is 1. The van der Waals surface area contributed by atoms with Crippen LogP contribution in [0.2, 0.25) is 0 Å². The highest BCUT2D eigenvalue weighted by Crippen LogP contribution is 2.20. The van der Waals surface area contributed by atoms with Gasteiger partial charge in [0.2, 0.25) is 0 Å². The molecule has 2 aromatic heterocycles. The van der Waals surface area contributed by atoms with Gasteiger partial charge in [0.1, 0.15) is 11.6 Å². The molecule has 2 aliphatic heterocycles. The van der Waals surface area contributed by atoms with Crippen molar-refractivity contribution in [3.8, 4) is 0 Å². The number of morpholine rings is 1. The summed E-state index contributed by atoms with van der Waals surface area (Å²) in [6.45, 7) is 3.64. The Bertz CT molecular complexity index is 723. The first-order chi connectivity index (χ1) is 11.8. The first-order valence-electron chi connectivity index (χ1n) is 8.40. The molecule has 1 fully saturated rings. The van der Waals surface area contributed by atoms with Crippen LogP contribution in [-0.4, -0.2) is 52.8 Å². The van der Waals surface area contributed by atoms with Gasteiger partial charge in [0.05, 0.1) is 18.8 Å². The van der Waals surface area contributed by atoms with Crippen LogP contribution in [0, 0.1) is 0 Å². The monoisotopic (exact) mass is 327 g/mol. The van der Waals surface area contributed by atoms with Crippen LogP contribution in [0.3, 0.4) is 0 Å². The van der Waals surface area contributed by atoms with Crippen molar-refractivity contribution in [1.29, 1.82) is 0 Å². The molecular weight excluding hydrogens is 306 g/mol. The molecule has 24 heavy (non-hydrogen) atoms. The molecule has 7 heteroatoms. The number of fused-ring (bicyclic) bond motifs is 1. The molecule has 0 aliphatic carbocycles. The highest BCUT2D eigenvalue weighted by Gasteiger charge is 2.24. The summed E-state index contributed by atoms with van der Waals surface area (Å²) in [7, 11) is 0.